The first kappa shape index (κ1) is 17.4. The summed E-state index contributed by atoms with van der Waals surface area (Å²) in [6, 6.07) is 23.9. The van der Waals surface area contributed by atoms with Crippen LogP contribution in [0, 0.1) is 6.92 Å². The Morgan fingerprint density at radius 3 is 2.36 bits per heavy atom. The number of phenols is 1. The summed E-state index contributed by atoms with van der Waals surface area (Å²) >= 11 is 1.66. The summed E-state index contributed by atoms with van der Waals surface area (Å²) in [4.78, 5) is 1.18. The van der Waals surface area contributed by atoms with Gasteiger partial charge in [0.05, 0.1) is 13.2 Å². The van der Waals surface area contributed by atoms with Crippen molar-refractivity contribution in [1.29, 1.82) is 0 Å². The number of rotatable bonds is 6. The molecule has 3 nitrogen and oxygen atoms in total. The molecular weight excluding hydrogens is 330 g/mol. The van der Waals surface area contributed by atoms with E-state index < -0.39 is 0 Å². The molecular formula is C21H21NO2S. The molecule has 3 aromatic carbocycles. The summed E-state index contributed by atoms with van der Waals surface area (Å²) in [5.74, 6) is 0.117. The molecule has 4 heteroatoms. The fraction of sp³-hybridized carbons (Fsp3) is 0.143. The summed E-state index contributed by atoms with van der Waals surface area (Å²) in [5.41, 5.74) is 3.88. The molecule has 0 aliphatic carbocycles. The van der Waals surface area contributed by atoms with Crippen LogP contribution in [-0.4, -0.2) is 10.2 Å². The maximum Gasteiger partial charge on any atom is 0.121 e. The molecule has 0 saturated carbocycles. The minimum absolute atomic E-state index is 0.117. The van der Waals surface area contributed by atoms with E-state index in [9.17, 15) is 10.2 Å². The zero-order chi connectivity index (χ0) is 17.6. The molecule has 128 valence electrons. The molecule has 0 aliphatic rings. The molecule has 0 fully saturated rings. The molecule has 2 N–H and O–H groups in total. The van der Waals surface area contributed by atoms with Gasteiger partial charge in [0.25, 0.3) is 0 Å². The largest absolute Gasteiger partial charge is 0.508 e. The van der Waals surface area contributed by atoms with E-state index in [4.69, 9.17) is 0 Å². The number of aryl methyl sites for hydroxylation is 1. The fourth-order valence-corrected chi connectivity index (χ4v) is 3.58. The number of aliphatic hydroxyl groups is 1. The molecule has 0 saturated heterocycles. The van der Waals surface area contributed by atoms with E-state index in [1.165, 1.54) is 16.0 Å². The number of aliphatic hydroxyl groups excluding tert-OH is 1. The van der Waals surface area contributed by atoms with E-state index in [-0.39, 0.29) is 12.4 Å². The average molecular weight is 351 g/mol. The molecule has 0 aliphatic heterocycles. The number of hydrogen-bond donors (Lipinski definition) is 2. The first-order valence-corrected chi connectivity index (χ1v) is 8.92. The van der Waals surface area contributed by atoms with Gasteiger partial charge in [0.2, 0.25) is 0 Å². The highest BCUT2D eigenvalue weighted by Crippen LogP contribution is 2.34. The maximum absolute atomic E-state index is 9.86. The van der Waals surface area contributed by atoms with Gasteiger partial charge in [0.1, 0.15) is 5.75 Å². The van der Waals surface area contributed by atoms with Crippen LogP contribution < -0.4 is 4.31 Å². The first-order chi connectivity index (χ1) is 12.2. The van der Waals surface area contributed by atoms with Crippen molar-refractivity contribution in [2.45, 2.75) is 25.0 Å². The summed E-state index contributed by atoms with van der Waals surface area (Å²) in [7, 11) is 0. The monoisotopic (exact) mass is 351 g/mol. The second-order valence-electron chi connectivity index (χ2n) is 5.85. The van der Waals surface area contributed by atoms with Gasteiger partial charge in [-0.1, -0.05) is 48.5 Å². The topological polar surface area (TPSA) is 43.7 Å². The Labute approximate surface area is 152 Å². The van der Waals surface area contributed by atoms with Crippen LogP contribution in [0.2, 0.25) is 0 Å². The van der Waals surface area contributed by atoms with Crippen LogP contribution in [0.25, 0.3) is 0 Å². The zero-order valence-electron chi connectivity index (χ0n) is 14.1. The van der Waals surface area contributed by atoms with Crippen molar-refractivity contribution in [1.82, 2.24) is 0 Å². The Hall–Kier alpha value is -2.43. The highest BCUT2D eigenvalue weighted by Gasteiger charge is 2.13. The van der Waals surface area contributed by atoms with E-state index >= 15 is 0 Å². The third-order valence-electron chi connectivity index (χ3n) is 3.99. The second kappa shape index (κ2) is 8.10. The van der Waals surface area contributed by atoms with Crippen molar-refractivity contribution in [3.05, 3.63) is 89.5 Å². The molecule has 0 atom stereocenters. The molecule has 3 aromatic rings. The predicted molar refractivity (Wildman–Crippen MR) is 104 cm³/mol. The van der Waals surface area contributed by atoms with Gasteiger partial charge in [-0.25, -0.2) is 0 Å². The van der Waals surface area contributed by atoms with Crippen LogP contribution in [-0.2, 0) is 13.2 Å². The number of hydrogen-bond acceptors (Lipinski definition) is 4. The Kier molecular flexibility index (Phi) is 5.64. The average Bonchev–Trinajstić information content (AvgIpc) is 2.64. The maximum atomic E-state index is 9.86. The normalized spacial score (nSPS) is 10.6. The fourth-order valence-electron chi connectivity index (χ4n) is 2.56. The van der Waals surface area contributed by atoms with Gasteiger partial charge in [0.15, 0.2) is 0 Å². The van der Waals surface area contributed by atoms with Crippen molar-refractivity contribution in [3.8, 4) is 5.75 Å². The molecule has 0 aromatic heterocycles. The lowest BCUT2D eigenvalue weighted by molar-refractivity contribution is 0.275. The molecule has 0 unspecified atom stereocenters. The lowest BCUT2D eigenvalue weighted by Gasteiger charge is -2.25. The van der Waals surface area contributed by atoms with Gasteiger partial charge in [-0.15, -0.1) is 0 Å². The van der Waals surface area contributed by atoms with E-state index in [1.807, 2.05) is 42.5 Å². The summed E-state index contributed by atoms with van der Waals surface area (Å²) < 4.78 is 2.18. The highest BCUT2D eigenvalue weighted by molar-refractivity contribution is 8.00. The van der Waals surface area contributed by atoms with Crippen molar-refractivity contribution in [3.63, 3.8) is 0 Å². The molecule has 0 heterocycles. The lowest BCUT2D eigenvalue weighted by atomic mass is 10.1. The SMILES string of the molecule is Cc1ccccc1SN(Cc1ccccc1)c1ccc(O)c(CO)c1. The Morgan fingerprint density at radius 1 is 0.920 bits per heavy atom. The smallest absolute Gasteiger partial charge is 0.121 e. The lowest BCUT2D eigenvalue weighted by Crippen LogP contribution is -2.14. The minimum Gasteiger partial charge on any atom is -0.508 e. The number of nitrogens with zero attached hydrogens (tertiary/aromatic N) is 1. The second-order valence-corrected chi connectivity index (χ2v) is 6.91. The van der Waals surface area contributed by atoms with Crippen LogP contribution in [0.4, 0.5) is 5.69 Å². The van der Waals surface area contributed by atoms with Crippen molar-refractivity contribution < 1.29 is 10.2 Å². The van der Waals surface area contributed by atoms with E-state index in [0.717, 1.165) is 12.2 Å². The third-order valence-corrected chi connectivity index (χ3v) is 5.21. The zero-order valence-corrected chi connectivity index (χ0v) is 14.9. The summed E-state index contributed by atoms with van der Waals surface area (Å²) in [5, 5.41) is 19.3. The Morgan fingerprint density at radius 2 is 1.64 bits per heavy atom. The van der Waals surface area contributed by atoms with Crippen LogP contribution in [0.3, 0.4) is 0 Å². The minimum atomic E-state index is -0.187. The van der Waals surface area contributed by atoms with Crippen LogP contribution in [0.15, 0.2) is 77.7 Å². The molecule has 0 bridgehead atoms. The van der Waals surface area contributed by atoms with Crippen molar-refractivity contribution in [2.24, 2.45) is 0 Å². The molecule has 25 heavy (non-hydrogen) atoms. The standard InChI is InChI=1S/C21H21NO2S/c1-16-7-5-6-10-21(16)25-22(14-17-8-3-2-4-9-17)19-11-12-20(24)18(13-19)15-23/h2-13,23-24H,14-15H2,1H3. The summed E-state index contributed by atoms with van der Waals surface area (Å²) in [6.07, 6.45) is 0. The molecule has 0 amide bonds. The van der Waals surface area contributed by atoms with Gasteiger partial charge >= 0.3 is 0 Å². The quantitative estimate of drug-likeness (QED) is 0.620. The van der Waals surface area contributed by atoms with Gasteiger partial charge in [-0.3, -0.25) is 0 Å². The Balaban J connectivity index is 1.95. The van der Waals surface area contributed by atoms with E-state index in [0.29, 0.717) is 5.56 Å². The molecule has 3 rings (SSSR count). The van der Waals surface area contributed by atoms with Gasteiger partial charge < -0.3 is 14.5 Å². The van der Waals surface area contributed by atoms with E-state index in [2.05, 4.69) is 35.5 Å². The summed E-state index contributed by atoms with van der Waals surface area (Å²) in [6.45, 7) is 2.63. The van der Waals surface area contributed by atoms with Crippen LogP contribution >= 0.6 is 11.9 Å². The van der Waals surface area contributed by atoms with E-state index in [1.54, 1.807) is 18.0 Å². The van der Waals surface area contributed by atoms with Crippen molar-refractivity contribution in [2.75, 3.05) is 4.31 Å². The molecule has 0 spiro atoms. The van der Waals surface area contributed by atoms with Gasteiger partial charge in [0, 0.05) is 16.1 Å². The highest BCUT2D eigenvalue weighted by atomic mass is 32.2. The van der Waals surface area contributed by atoms with Crippen LogP contribution in [0.1, 0.15) is 16.7 Å². The van der Waals surface area contributed by atoms with Gasteiger partial charge in [-0.05, 0) is 54.3 Å². The number of anilines is 1. The molecule has 0 radical (unpaired) electrons. The Bertz CT molecular complexity index is 836. The van der Waals surface area contributed by atoms with Crippen molar-refractivity contribution >= 4 is 17.6 Å². The first-order valence-electron chi connectivity index (χ1n) is 8.15. The predicted octanol–water partition coefficient (Wildman–Crippen LogP) is 4.91. The number of benzene rings is 3. The van der Waals surface area contributed by atoms with Crippen LogP contribution in [0.5, 0.6) is 5.75 Å². The number of aromatic hydroxyl groups is 1. The van der Waals surface area contributed by atoms with Gasteiger partial charge in [-0.2, -0.15) is 0 Å². The third kappa shape index (κ3) is 4.35.